The Morgan fingerprint density at radius 1 is 1.09 bits per heavy atom. The van der Waals surface area contributed by atoms with Crippen LogP contribution >= 0.6 is 0 Å². The van der Waals surface area contributed by atoms with Crippen LogP contribution < -0.4 is 5.32 Å². The van der Waals surface area contributed by atoms with Crippen molar-refractivity contribution in [2.75, 3.05) is 0 Å². The average Bonchev–Trinajstić information content (AvgIpc) is 3.16. The van der Waals surface area contributed by atoms with E-state index in [9.17, 15) is 9.59 Å². The van der Waals surface area contributed by atoms with Crippen molar-refractivity contribution in [2.24, 2.45) is 17.8 Å². The Hall–Kier alpha value is -2.08. The molecule has 2 amide bonds. The molecule has 0 bridgehead atoms. The normalized spacial score (nSPS) is 28.7. The molecule has 1 saturated heterocycles. The van der Waals surface area contributed by atoms with Crippen molar-refractivity contribution in [1.82, 2.24) is 10.2 Å². The molecule has 35 heavy (non-hydrogen) atoms. The summed E-state index contributed by atoms with van der Waals surface area (Å²) in [6.45, 7) is 17.8. The molecule has 1 aliphatic heterocycles. The molecule has 1 aromatic rings. The second-order valence-electron chi connectivity index (χ2n) is 13.1. The van der Waals surface area contributed by atoms with Gasteiger partial charge < -0.3 is 14.8 Å². The molecule has 6 heteroatoms. The Morgan fingerprint density at radius 3 is 2.29 bits per heavy atom. The first-order valence-corrected chi connectivity index (χ1v) is 13.1. The number of amides is 2. The summed E-state index contributed by atoms with van der Waals surface area (Å²) in [7, 11) is 0. The standard InChI is InChI=1S/C29H46N2O4/c1-19-15-21(22(16-19)25(32)30-27(2,3)4)18-24-23(17-20-13-11-10-12-14-20)31(29(8,9)34-24)26(33)35-28(5,6)7/h10-14,19,21-24H,15-18H2,1-9H3,(H,30,32). The second kappa shape index (κ2) is 10.1. The maximum atomic E-state index is 13.4. The smallest absolute Gasteiger partial charge is 0.412 e. The van der Waals surface area contributed by atoms with Gasteiger partial charge in [-0.3, -0.25) is 9.69 Å². The highest BCUT2D eigenvalue weighted by Gasteiger charge is 2.52. The molecule has 5 atom stereocenters. The first kappa shape index (κ1) is 27.5. The zero-order chi connectivity index (χ0) is 26.2. The van der Waals surface area contributed by atoms with Gasteiger partial charge in [-0.15, -0.1) is 0 Å². The van der Waals surface area contributed by atoms with Crippen LogP contribution in [0.4, 0.5) is 4.79 Å². The van der Waals surface area contributed by atoms with E-state index in [4.69, 9.17) is 9.47 Å². The van der Waals surface area contributed by atoms with Crippen LogP contribution in [0.3, 0.4) is 0 Å². The van der Waals surface area contributed by atoms with Crippen LogP contribution in [0.15, 0.2) is 30.3 Å². The zero-order valence-electron chi connectivity index (χ0n) is 23.2. The fourth-order valence-electron chi connectivity index (χ4n) is 5.77. The molecule has 1 aliphatic carbocycles. The fraction of sp³-hybridized carbons (Fsp3) is 0.724. The van der Waals surface area contributed by atoms with Gasteiger partial charge in [0.1, 0.15) is 11.3 Å². The molecule has 0 spiro atoms. The third-order valence-electron chi connectivity index (χ3n) is 6.96. The molecule has 5 unspecified atom stereocenters. The van der Waals surface area contributed by atoms with Gasteiger partial charge in [0, 0.05) is 11.5 Å². The van der Waals surface area contributed by atoms with Gasteiger partial charge in [0.2, 0.25) is 5.91 Å². The van der Waals surface area contributed by atoms with Gasteiger partial charge in [-0.2, -0.15) is 0 Å². The molecule has 2 fully saturated rings. The van der Waals surface area contributed by atoms with E-state index in [1.807, 2.05) is 73.6 Å². The van der Waals surface area contributed by atoms with Crippen LogP contribution in [-0.2, 0) is 20.7 Å². The summed E-state index contributed by atoms with van der Waals surface area (Å²) in [6, 6.07) is 10.0. The highest BCUT2D eigenvalue weighted by atomic mass is 16.6. The summed E-state index contributed by atoms with van der Waals surface area (Å²) >= 11 is 0. The number of nitrogens with one attached hydrogen (secondary N) is 1. The maximum absolute atomic E-state index is 13.4. The van der Waals surface area contributed by atoms with E-state index in [-0.39, 0.29) is 41.5 Å². The lowest BCUT2D eigenvalue weighted by Crippen LogP contribution is -2.51. The van der Waals surface area contributed by atoms with Crippen molar-refractivity contribution >= 4 is 12.0 Å². The molecule has 1 heterocycles. The summed E-state index contributed by atoms with van der Waals surface area (Å²) in [5.74, 6) is 0.793. The van der Waals surface area contributed by atoms with E-state index in [1.165, 1.54) is 0 Å². The van der Waals surface area contributed by atoms with Gasteiger partial charge in [0.15, 0.2) is 0 Å². The van der Waals surface area contributed by atoms with Crippen LogP contribution in [0, 0.1) is 17.8 Å². The number of hydrogen-bond acceptors (Lipinski definition) is 4. The Bertz CT molecular complexity index is 884. The van der Waals surface area contributed by atoms with Gasteiger partial charge in [-0.1, -0.05) is 37.3 Å². The molecule has 1 aromatic carbocycles. The average molecular weight is 487 g/mol. The maximum Gasteiger partial charge on any atom is 0.412 e. The number of hydrogen-bond donors (Lipinski definition) is 1. The van der Waals surface area contributed by atoms with Crippen molar-refractivity contribution < 1.29 is 19.1 Å². The molecule has 3 rings (SSSR count). The molecule has 196 valence electrons. The van der Waals surface area contributed by atoms with Crippen molar-refractivity contribution in [1.29, 1.82) is 0 Å². The first-order valence-electron chi connectivity index (χ1n) is 13.1. The van der Waals surface area contributed by atoms with Crippen molar-refractivity contribution in [3.63, 3.8) is 0 Å². The third-order valence-corrected chi connectivity index (χ3v) is 6.96. The predicted molar refractivity (Wildman–Crippen MR) is 139 cm³/mol. The Labute approximate surface area is 212 Å². The summed E-state index contributed by atoms with van der Waals surface area (Å²) < 4.78 is 12.4. The molecule has 0 radical (unpaired) electrons. The monoisotopic (exact) mass is 486 g/mol. The molecule has 1 saturated carbocycles. The number of benzene rings is 1. The van der Waals surface area contributed by atoms with E-state index >= 15 is 0 Å². The SMILES string of the molecule is CC1CC(CC2OC(C)(C)N(C(=O)OC(C)(C)C)C2Cc2ccccc2)C(C(=O)NC(C)(C)C)C1. The summed E-state index contributed by atoms with van der Waals surface area (Å²) in [5.41, 5.74) is -0.513. The molecular weight excluding hydrogens is 440 g/mol. The van der Waals surface area contributed by atoms with Gasteiger partial charge in [0.25, 0.3) is 0 Å². The summed E-state index contributed by atoms with van der Waals surface area (Å²) in [5, 5.41) is 3.19. The minimum atomic E-state index is -0.806. The Kier molecular flexibility index (Phi) is 7.95. The molecule has 2 aliphatic rings. The zero-order valence-corrected chi connectivity index (χ0v) is 23.2. The van der Waals surface area contributed by atoms with Crippen molar-refractivity contribution in [2.45, 2.75) is 117 Å². The number of ether oxygens (including phenoxy) is 2. The Balaban J connectivity index is 1.88. The number of nitrogens with zero attached hydrogens (tertiary/aromatic N) is 1. The second-order valence-corrected chi connectivity index (χ2v) is 13.1. The van der Waals surface area contributed by atoms with E-state index in [2.05, 4.69) is 24.4 Å². The van der Waals surface area contributed by atoms with Gasteiger partial charge in [-0.25, -0.2) is 4.79 Å². The largest absolute Gasteiger partial charge is 0.444 e. The molecule has 6 nitrogen and oxygen atoms in total. The van der Waals surface area contributed by atoms with Crippen LogP contribution in [0.2, 0.25) is 0 Å². The van der Waals surface area contributed by atoms with Gasteiger partial charge in [-0.05, 0) is 98.5 Å². The van der Waals surface area contributed by atoms with Gasteiger partial charge in [0.05, 0.1) is 12.1 Å². The lowest BCUT2D eigenvalue weighted by atomic mass is 9.86. The minimum absolute atomic E-state index is 0.0381. The first-order chi connectivity index (χ1) is 16.1. The molecular formula is C29H46N2O4. The van der Waals surface area contributed by atoms with Crippen molar-refractivity contribution in [3.8, 4) is 0 Å². The lowest BCUT2D eigenvalue weighted by molar-refractivity contribution is -0.128. The van der Waals surface area contributed by atoms with Crippen LogP contribution in [0.1, 0.15) is 87.1 Å². The quantitative estimate of drug-likeness (QED) is 0.559. The van der Waals surface area contributed by atoms with E-state index in [0.717, 1.165) is 24.8 Å². The number of rotatable bonds is 5. The number of carbonyl (C=O) groups excluding carboxylic acids is 2. The van der Waals surface area contributed by atoms with Gasteiger partial charge >= 0.3 is 6.09 Å². The van der Waals surface area contributed by atoms with E-state index in [0.29, 0.717) is 12.3 Å². The Morgan fingerprint density at radius 2 is 1.71 bits per heavy atom. The summed E-state index contributed by atoms with van der Waals surface area (Å²) in [6.07, 6.45) is 2.77. The highest BCUT2D eigenvalue weighted by Crippen LogP contribution is 2.44. The lowest BCUT2D eigenvalue weighted by Gasteiger charge is -2.35. The fourth-order valence-corrected chi connectivity index (χ4v) is 5.77. The van der Waals surface area contributed by atoms with E-state index in [1.54, 1.807) is 4.90 Å². The van der Waals surface area contributed by atoms with E-state index < -0.39 is 11.3 Å². The van der Waals surface area contributed by atoms with Crippen LogP contribution in [0.5, 0.6) is 0 Å². The number of carbonyl (C=O) groups is 2. The third kappa shape index (κ3) is 7.22. The topological polar surface area (TPSA) is 67.9 Å². The predicted octanol–water partition coefficient (Wildman–Crippen LogP) is 5.94. The summed E-state index contributed by atoms with van der Waals surface area (Å²) in [4.78, 5) is 28.4. The molecule has 1 N–H and O–H groups in total. The highest BCUT2D eigenvalue weighted by molar-refractivity contribution is 5.80. The minimum Gasteiger partial charge on any atom is -0.444 e. The van der Waals surface area contributed by atoms with Crippen LogP contribution in [0.25, 0.3) is 0 Å². The van der Waals surface area contributed by atoms with Crippen LogP contribution in [-0.4, -0.2) is 45.9 Å². The van der Waals surface area contributed by atoms with Crippen molar-refractivity contribution in [3.05, 3.63) is 35.9 Å². The molecule has 0 aromatic heterocycles.